The van der Waals surface area contributed by atoms with Crippen LogP contribution in [-0.4, -0.2) is 14.2 Å². The summed E-state index contributed by atoms with van der Waals surface area (Å²) in [5.41, 5.74) is 2.32. The van der Waals surface area contributed by atoms with E-state index in [4.69, 9.17) is 21.1 Å². The topological polar surface area (TPSA) is 18.5 Å². The Hall–Kier alpha value is -1.32. The third-order valence-corrected chi connectivity index (χ3v) is 4.63. The second-order valence-corrected chi connectivity index (χ2v) is 6.04. The largest absolute Gasteiger partial charge is 0.497 e. The molecule has 0 N–H and O–H groups in total. The molecule has 0 saturated heterocycles. The number of benzene rings is 2. The summed E-state index contributed by atoms with van der Waals surface area (Å²) in [7, 11) is 3.33. The normalized spacial score (nSPS) is 11.9. The van der Waals surface area contributed by atoms with Crippen LogP contribution >= 0.6 is 23.4 Å². The maximum absolute atomic E-state index is 6.41. The summed E-state index contributed by atoms with van der Waals surface area (Å²) in [6, 6.07) is 15.9. The van der Waals surface area contributed by atoms with E-state index < -0.39 is 0 Å². The number of methoxy groups -OCH3 is 2. The smallest absolute Gasteiger partial charge is 0.118 e. The highest BCUT2D eigenvalue weighted by molar-refractivity contribution is 7.99. The van der Waals surface area contributed by atoms with Gasteiger partial charge in [-0.3, -0.25) is 0 Å². The lowest BCUT2D eigenvalue weighted by Gasteiger charge is -2.10. The van der Waals surface area contributed by atoms with E-state index in [2.05, 4.69) is 12.1 Å². The molecular weight excluding hydrogens is 292 g/mol. The maximum atomic E-state index is 6.41. The van der Waals surface area contributed by atoms with E-state index in [0.717, 1.165) is 22.8 Å². The monoisotopic (exact) mass is 308 g/mol. The highest BCUT2D eigenvalue weighted by atomic mass is 35.5. The summed E-state index contributed by atoms with van der Waals surface area (Å²) in [4.78, 5) is 0. The number of ether oxygens (including phenoxy) is 2. The van der Waals surface area contributed by atoms with Crippen LogP contribution in [-0.2, 0) is 5.75 Å². The molecule has 0 aliphatic rings. The van der Waals surface area contributed by atoms with Gasteiger partial charge in [0.15, 0.2) is 0 Å². The summed E-state index contributed by atoms with van der Waals surface area (Å²) in [5.74, 6) is 2.58. The molecule has 0 bridgehead atoms. The number of thioether (sulfide) groups is 1. The number of rotatable bonds is 6. The van der Waals surface area contributed by atoms with Crippen molar-refractivity contribution in [3.05, 3.63) is 59.7 Å². The second kappa shape index (κ2) is 7.46. The third-order valence-electron chi connectivity index (χ3n) is 2.93. The van der Waals surface area contributed by atoms with Crippen LogP contribution < -0.4 is 9.47 Å². The van der Waals surface area contributed by atoms with Crippen molar-refractivity contribution in [1.29, 1.82) is 0 Å². The van der Waals surface area contributed by atoms with Crippen molar-refractivity contribution < 1.29 is 9.47 Å². The van der Waals surface area contributed by atoms with Gasteiger partial charge in [-0.15, -0.1) is 23.4 Å². The van der Waals surface area contributed by atoms with Gasteiger partial charge in [-0.1, -0.05) is 24.3 Å². The SMILES string of the molecule is COc1ccc(CSC(Cl)c2ccc(OC)cc2)cc1. The minimum atomic E-state index is -0.0667. The fourth-order valence-electron chi connectivity index (χ4n) is 1.74. The highest BCUT2D eigenvalue weighted by Gasteiger charge is 2.08. The van der Waals surface area contributed by atoms with Crippen molar-refractivity contribution in [3.63, 3.8) is 0 Å². The first-order valence-electron chi connectivity index (χ1n) is 6.25. The molecule has 2 aromatic carbocycles. The molecule has 4 heteroatoms. The number of halogens is 1. The Bertz CT molecular complexity index is 525. The van der Waals surface area contributed by atoms with Crippen molar-refractivity contribution in [3.8, 4) is 11.5 Å². The Balaban J connectivity index is 1.91. The Morgan fingerprint density at radius 1 is 0.900 bits per heavy atom. The van der Waals surface area contributed by atoms with Crippen molar-refractivity contribution >= 4 is 23.4 Å². The molecule has 0 radical (unpaired) electrons. The minimum absolute atomic E-state index is 0.0667. The fourth-order valence-corrected chi connectivity index (χ4v) is 2.96. The van der Waals surface area contributed by atoms with Crippen LogP contribution in [0.4, 0.5) is 0 Å². The van der Waals surface area contributed by atoms with Gasteiger partial charge < -0.3 is 9.47 Å². The van der Waals surface area contributed by atoms with Crippen LogP contribution in [0.25, 0.3) is 0 Å². The maximum Gasteiger partial charge on any atom is 0.118 e. The van der Waals surface area contributed by atoms with E-state index in [9.17, 15) is 0 Å². The molecule has 1 atom stereocenters. The van der Waals surface area contributed by atoms with Crippen LogP contribution in [0.5, 0.6) is 11.5 Å². The second-order valence-electron chi connectivity index (χ2n) is 4.25. The lowest BCUT2D eigenvalue weighted by Crippen LogP contribution is -1.89. The van der Waals surface area contributed by atoms with E-state index in [1.54, 1.807) is 26.0 Å². The van der Waals surface area contributed by atoms with E-state index in [0.29, 0.717) is 0 Å². The van der Waals surface area contributed by atoms with E-state index in [1.165, 1.54) is 5.56 Å². The van der Waals surface area contributed by atoms with Gasteiger partial charge in [0, 0.05) is 5.75 Å². The van der Waals surface area contributed by atoms with Crippen molar-refractivity contribution in [1.82, 2.24) is 0 Å². The predicted molar refractivity (Wildman–Crippen MR) is 85.9 cm³/mol. The molecule has 2 aromatic rings. The van der Waals surface area contributed by atoms with Crippen LogP contribution in [0.15, 0.2) is 48.5 Å². The Labute approximate surface area is 129 Å². The summed E-state index contributed by atoms with van der Waals surface area (Å²) in [6.45, 7) is 0. The molecule has 20 heavy (non-hydrogen) atoms. The quantitative estimate of drug-likeness (QED) is 0.709. The zero-order chi connectivity index (χ0) is 14.4. The molecule has 2 rings (SSSR count). The Kier molecular flexibility index (Phi) is 5.62. The Morgan fingerprint density at radius 2 is 1.40 bits per heavy atom. The molecule has 0 aromatic heterocycles. The van der Waals surface area contributed by atoms with Gasteiger partial charge in [-0.2, -0.15) is 0 Å². The highest BCUT2D eigenvalue weighted by Crippen LogP contribution is 2.35. The fraction of sp³-hybridized carbons (Fsp3) is 0.250. The van der Waals surface area contributed by atoms with Crippen LogP contribution in [0, 0.1) is 0 Å². The lowest BCUT2D eigenvalue weighted by atomic mass is 10.2. The van der Waals surface area contributed by atoms with Crippen molar-refractivity contribution in [2.24, 2.45) is 0 Å². The van der Waals surface area contributed by atoms with Gasteiger partial charge in [0.05, 0.1) is 14.2 Å². The third kappa shape index (κ3) is 4.09. The molecular formula is C16H17ClO2S. The summed E-state index contributed by atoms with van der Waals surface area (Å²) >= 11 is 8.10. The zero-order valence-corrected chi connectivity index (χ0v) is 13.1. The van der Waals surface area contributed by atoms with Crippen LogP contribution in [0.3, 0.4) is 0 Å². The molecule has 0 fully saturated rings. The van der Waals surface area contributed by atoms with Gasteiger partial charge in [0.2, 0.25) is 0 Å². The van der Waals surface area contributed by atoms with Gasteiger partial charge >= 0.3 is 0 Å². The molecule has 106 valence electrons. The predicted octanol–water partition coefficient (Wildman–Crippen LogP) is 4.87. The summed E-state index contributed by atoms with van der Waals surface area (Å²) in [5, 5.41) is 0. The summed E-state index contributed by atoms with van der Waals surface area (Å²) < 4.78 is 10.2. The first-order valence-corrected chi connectivity index (χ1v) is 7.74. The van der Waals surface area contributed by atoms with Crippen molar-refractivity contribution in [2.45, 2.75) is 10.5 Å². The van der Waals surface area contributed by atoms with E-state index in [-0.39, 0.29) is 4.71 Å². The average Bonchev–Trinajstić information content (AvgIpc) is 2.53. The van der Waals surface area contributed by atoms with Gasteiger partial charge in [0.1, 0.15) is 16.2 Å². The average molecular weight is 309 g/mol. The minimum Gasteiger partial charge on any atom is -0.497 e. The van der Waals surface area contributed by atoms with Gasteiger partial charge in [-0.25, -0.2) is 0 Å². The number of hydrogen-bond acceptors (Lipinski definition) is 3. The van der Waals surface area contributed by atoms with E-state index >= 15 is 0 Å². The van der Waals surface area contributed by atoms with Crippen molar-refractivity contribution in [2.75, 3.05) is 14.2 Å². The molecule has 0 aliphatic heterocycles. The Morgan fingerprint density at radius 3 is 1.90 bits per heavy atom. The molecule has 0 saturated carbocycles. The molecule has 2 nitrogen and oxygen atoms in total. The number of hydrogen-bond donors (Lipinski definition) is 0. The number of alkyl halides is 1. The molecule has 1 unspecified atom stereocenters. The first-order chi connectivity index (χ1) is 9.72. The van der Waals surface area contributed by atoms with Crippen LogP contribution in [0.2, 0.25) is 0 Å². The van der Waals surface area contributed by atoms with E-state index in [1.807, 2.05) is 36.4 Å². The standard InChI is InChI=1S/C16H17ClO2S/c1-18-14-7-3-12(4-8-14)11-20-16(17)13-5-9-15(19-2)10-6-13/h3-10,16H,11H2,1-2H3. The zero-order valence-electron chi connectivity index (χ0n) is 11.5. The first kappa shape index (κ1) is 15.1. The molecule has 0 heterocycles. The van der Waals surface area contributed by atoms with Crippen LogP contribution in [0.1, 0.15) is 15.8 Å². The summed E-state index contributed by atoms with van der Waals surface area (Å²) in [6.07, 6.45) is 0. The van der Waals surface area contributed by atoms with Gasteiger partial charge in [0.25, 0.3) is 0 Å². The molecule has 0 aliphatic carbocycles. The van der Waals surface area contributed by atoms with Gasteiger partial charge in [-0.05, 0) is 35.4 Å². The lowest BCUT2D eigenvalue weighted by molar-refractivity contribution is 0.414. The molecule has 0 spiro atoms. The molecule has 0 amide bonds.